The number of carbonyl (C=O) groups excluding carboxylic acids is 2. The third kappa shape index (κ3) is 5.29. The Hall–Kier alpha value is -4.06. The van der Waals surface area contributed by atoms with Gasteiger partial charge in [0.2, 0.25) is 0 Å². The summed E-state index contributed by atoms with van der Waals surface area (Å²) in [6.07, 6.45) is 0. The van der Waals surface area contributed by atoms with Gasteiger partial charge in [-0.05, 0) is 73.7 Å². The van der Waals surface area contributed by atoms with Crippen LogP contribution in [-0.2, 0) is 15.0 Å². The average molecular weight is 527 g/mol. The summed E-state index contributed by atoms with van der Waals surface area (Å²) in [5.74, 6) is -1.22. The number of ether oxygens (including phenoxy) is 1. The van der Waals surface area contributed by atoms with Crippen molar-refractivity contribution >= 4 is 28.8 Å². The number of methoxy groups -OCH3 is 1. The highest BCUT2D eigenvalue weighted by atomic mass is 16.5. The first-order valence-electron chi connectivity index (χ1n) is 13.4. The molecule has 0 aromatic heterocycles. The third-order valence-corrected chi connectivity index (χ3v) is 7.38. The van der Waals surface area contributed by atoms with Gasteiger partial charge < -0.3 is 14.7 Å². The van der Waals surface area contributed by atoms with Crippen molar-refractivity contribution < 1.29 is 19.4 Å². The second-order valence-electron chi connectivity index (χ2n) is 10.9. The number of nitrogens with zero attached hydrogens (tertiary/aromatic N) is 2. The van der Waals surface area contributed by atoms with Gasteiger partial charge in [-0.15, -0.1) is 0 Å². The summed E-state index contributed by atoms with van der Waals surface area (Å²) in [4.78, 5) is 31.0. The predicted molar refractivity (Wildman–Crippen MR) is 158 cm³/mol. The van der Waals surface area contributed by atoms with E-state index in [0.717, 1.165) is 35.5 Å². The van der Waals surface area contributed by atoms with Crippen molar-refractivity contribution in [1.29, 1.82) is 0 Å². The Morgan fingerprint density at radius 1 is 0.974 bits per heavy atom. The average Bonchev–Trinajstić information content (AvgIpc) is 3.18. The van der Waals surface area contributed by atoms with E-state index < -0.39 is 17.7 Å². The van der Waals surface area contributed by atoms with E-state index in [1.165, 1.54) is 12.0 Å². The molecule has 6 nitrogen and oxygen atoms in total. The SMILES string of the molecule is CCN(CC)c1ccc(N2C(=O)C(=O)/C(=C(/O)c3cc(C(C)(C)C)ccc3OC)C2c2cccc(C)c2)cc1. The van der Waals surface area contributed by atoms with Crippen LogP contribution >= 0.6 is 0 Å². The molecule has 1 unspecified atom stereocenters. The molecule has 204 valence electrons. The lowest BCUT2D eigenvalue weighted by Gasteiger charge is -2.27. The first-order valence-corrected chi connectivity index (χ1v) is 13.4. The van der Waals surface area contributed by atoms with Crippen molar-refractivity contribution in [2.75, 3.05) is 30.0 Å². The normalized spacial score (nSPS) is 17.0. The number of carbonyl (C=O) groups is 2. The number of Topliss-reactive ketones (excluding diaryl/α,β-unsaturated/α-hetero) is 1. The van der Waals surface area contributed by atoms with Crippen LogP contribution in [0.1, 0.15) is 62.9 Å². The van der Waals surface area contributed by atoms with E-state index in [9.17, 15) is 14.7 Å². The van der Waals surface area contributed by atoms with E-state index in [2.05, 4.69) is 39.5 Å². The van der Waals surface area contributed by atoms with Gasteiger partial charge in [0.1, 0.15) is 11.5 Å². The Bertz CT molecular complexity index is 1410. The molecule has 6 heteroatoms. The molecule has 1 saturated heterocycles. The number of hydrogen-bond donors (Lipinski definition) is 1. The minimum absolute atomic E-state index is 0.0442. The van der Waals surface area contributed by atoms with Crippen molar-refractivity contribution in [3.05, 3.63) is 94.6 Å². The van der Waals surface area contributed by atoms with Crippen molar-refractivity contribution in [1.82, 2.24) is 0 Å². The molecule has 0 spiro atoms. The zero-order chi connectivity index (χ0) is 28.5. The Labute approximate surface area is 231 Å². The van der Waals surface area contributed by atoms with Gasteiger partial charge in [-0.1, -0.05) is 56.7 Å². The summed E-state index contributed by atoms with van der Waals surface area (Å²) in [5, 5.41) is 11.8. The Balaban J connectivity index is 1.94. The van der Waals surface area contributed by atoms with Crippen LogP contribution in [0.4, 0.5) is 11.4 Å². The maximum absolute atomic E-state index is 13.7. The van der Waals surface area contributed by atoms with E-state index in [1.807, 2.05) is 67.6 Å². The van der Waals surface area contributed by atoms with Crippen LogP contribution < -0.4 is 14.5 Å². The number of benzene rings is 3. The minimum atomic E-state index is -0.799. The summed E-state index contributed by atoms with van der Waals surface area (Å²) >= 11 is 0. The van der Waals surface area contributed by atoms with Crippen LogP contribution in [-0.4, -0.2) is 37.0 Å². The van der Waals surface area contributed by atoms with Gasteiger partial charge in [-0.3, -0.25) is 14.5 Å². The molecule has 0 radical (unpaired) electrons. The first kappa shape index (κ1) is 28.0. The number of hydrogen-bond acceptors (Lipinski definition) is 5. The predicted octanol–water partition coefficient (Wildman–Crippen LogP) is 6.77. The minimum Gasteiger partial charge on any atom is -0.507 e. The fourth-order valence-corrected chi connectivity index (χ4v) is 5.17. The van der Waals surface area contributed by atoms with E-state index in [1.54, 1.807) is 6.07 Å². The molecular weight excluding hydrogens is 488 g/mol. The van der Waals surface area contributed by atoms with Crippen LogP contribution in [0.25, 0.3) is 5.76 Å². The molecule has 0 saturated carbocycles. The first-order chi connectivity index (χ1) is 18.5. The number of aliphatic hydroxyl groups is 1. The largest absolute Gasteiger partial charge is 0.507 e. The fourth-order valence-electron chi connectivity index (χ4n) is 5.17. The monoisotopic (exact) mass is 526 g/mol. The second kappa shape index (κ2) is 11.0. The highest BCUT2D eigenvalue weighted by Gasteiger charge is 2.47. The van der Waals surface area contributed by atoms with Crippen molar-refractivity contribution in [2.24, 2.45) is 0 Å². The Kier molecular flexibility index (Phi) is 7.86. The van der Waals surface area contributed by atoms with Crippen LogP contribution in [0.2, 0.25) is 0 Å². The summed E-state index contributed by atoms with van der Waals surface area (Å²) in [5.41, 5.74) is 4.57. The van der Waals surface area contributed by atoms with Gasteiger partial charge in [0.05, 0.1) is 24.3 Å². The molecule has 3 aromatic rings. The molecule has 1 amide bonds. The summed E-state index contributed by atoms with van der Waals surface area (Å²) in [6, 6.07) is 20.1. The topological polar surface area (TPSA) is 70.1 Å². The van der Waals surface area contributed by atoms with Gasteiger partial charge >= 0.3 is 0 Å². The lowest BCUT2D eigenvalue weighted by Crippen LogP contribution is -2.29. The number of rotatable bonds is 7. The number of anilines is 2. The zero-order valence-corrected chi connectivity index (χ0v) is 23.9. The molecule has 0 aliphatic carbocycles. The standard InChI is InChI=1S/C33H38N2O4/c1-8-34(9-2)24-14-16-25(17-15-24)35-29(22-12-10-11-21(3)19-22)28(31(37)32(35)38)30(36)26-20-23(33(4,5)6)13-18-27(26)39-7/h10-20,29,36H,8-9H2,1-7H3/b30-28+. The highest BCUT2D eigenvalue weighted by Crippen LogP contribution is 2.44. The van der Waals surface area contributed by atoms with Crippen molar-refractivity contribution in [2.45, 2.75) is 53.0 Å². The smallest absolute Gasteiger partial charge is 0.300 e. The molecule has 1 aliphatic heterocycles. The molecule has 0 bridgehead atoms. The van der Waals surface area contributed by atoms with Crippen molar-refractivity contribution in [3.63, 3.8) is 0 Å². The number of amides is 1. The van der Waals surface area contributed by atoms with E-state index in [0.29, 0.717) is 17.0 Å². The molecule has 3 aromatic carbocycles. The van der Waals surface area contributed by atoms with Crippen LogP contribution in [0.15, 0.2) is 72.3 Å². The van der Waals surface area contributed by atoms with Crippen LogP contribution in [0.5, 0.6) is 5.75 Å². The third-order valence-electron chi connectivity index (χ3n) is 7.38. The molecule has 1 aliphatic rings. The Morgan fingerprint density at radius 2 is 1.64 bits per heavy atom. The molecule has 1 N–H and O–H groups in total. The summed E-state index contributed by atoms with van der Waals surface area (Å²) in [7, 11) is 1.52. The van der Waals surface area contributed by atoms with Gasteiger partial charge in [-0.2, -0.15) is 0 Å². The van der Waals surface area contributed by atoms with E-state index in [4.69, 9.17) is 4.74 Å². The van der Waals surface area contributed by atoms with Gasteiger partial charge in [0.25, 0.3) is 11.7 Å². The zero-order valence-electron chi connectivity index (χ0n) is 23.9. The molecule has 4 rings (SSSR count). The lowest BCUT2D eigenvalue weighted by molar-refractivity contribution is -0.132. The summed E-state index contributed by atoms with van der Waals surface area (Å²) < 4.78 is 5.58. The maximum atomic E-state index is 13.7. The van der Waals surface area contributed by atoms with Gasteiger partial charge in [0.15, 0.2) is 0 Å². The number of aliphatic hydroxyl groups excluding tert-OH is 1. The molecule has 39 heavy (non-hydrogen) atoms. The van der Waals surface area contributed by atoms with Gasteiger partial charge in [0, 0.05) is 24.5 Å². The summed E-state index contributed by atoms with van der Waals surface area (Å²) in [6.45, 7) is 14.1. The number of aryl methyl sites for hydroxylation is 1. The van der Waals surface area contributed by atoms with E-state index in [-0.39, 0.29) is 16.7 Å². The second-order valence-corrected chi connectivity index (χ2v) is 10.9. The van der Waals surface area contributed by atoms with Gasteiger partial charge in [-0.25, -0.2) is 0 Å². The van der Waals surface area contributed by atoms with Crippen molar-refractivity contribution in [3.8, 4) is 5.75 Å². The maximum Gasteiger partial charge on any atom is 0.300 e. The van der Waals surface area contributed by atoms with Crippen LogP contribution in [0, 0.1) is 6.92 Å². The molecular formula is C33H38N2O4. The molecule has 1 fully saturated rings. The molecule has 1 atom stereocenters. The number of ketones is 1. The Morgan fingerprint density at radius 3 is 2.21 bits per heavy atom. The quantitative estimate of drug-likeness (QED) is 0.209. The van der Waals surface area contributed by atoms with Crippen LogP contribution in [0.3, 0.4) is 0 Å². The fraction of sp³-hybridized carbons (Fsp3) is 0.333. The lowest BCUT2D eigenvalue weighted by atomic mass is 9.85. The molecule has 1 heterocycles. The van der Waals surface area contributed by atoms with E-state index >= 15 is 0 Å². The highest BCUT2D eigenvalue weighted by molar-refractivity contribution is 6.51.